The summed E-state index contributed by atoms with van der Waals surface area (Å²) >= 11 is 0. The van der Waals surface area contributed by atoms with Crippen LogP contribution in [-0.4, -0.2) is 35.8 Å². The van der Waals surface area contributed by atoms with Crippen molar-refractivity contribution in [1.29, 1.82) is 0 Å². The molecule has 1 unspecified atom stereocenters. The van der Waals surface area contributed by atoms with Crippen molar-refractivity contribution in [2.45, 2.75) is 52.0 Å². The van der Waals surface area contributed by atoms with E-state index in [0.29, 0.717) is 11.8 Å². The smallest absolute Gasteiger partial charge is 0.225 e. The normalized spacial score (nSPS) is 22.7. The first-order chi connectivity index (χ1) is 8.61. The molecule has 1 N–H and O–H groups in total. The Morgan fingerprint density at radius 1 is 1.17 bits per heavy atom. The van der Waals surface area contributed by atoms with Gasteiger partial charge < -0.3 is 10.2 Å². The van der Waals surface area contributed by atoms with Crippen LogP contribution in [0.25, 0.3) is 0 Å². The minimum Gasteiger partial charge on any atom is -0.353 e. The highest BCUT2D eigenvalue weighted by Crippen LogP contribution is 2.32. The van der Waals surface area contributed by atoms with Gasteiger partial charge in [-0.05, 0) is 39.0 Å². The highest BCUT2D eigenvalue weighted by Gasteiger charge is 2.35. The monoisotopic (exact) mass is 252 g/mol. The van der Waals surface area contributed by atoms with Crippen LogP contribution in [0.4, 0.5) is 0 Å². The fraction of sp³-hybridized carbons (Fsp3) is 0.857. The number of nitrogens with zero attached hydrogens (tertiary/aromatic N) is 1. The Labute approximate surface area is 109 Å². The van der Waals surface area contributed by atoms with E-state index in [4.69, 9.17) is 0 Å². The van der Waals surface area contributed by atoms with Gasteiger partial charge in [0.05, 0.1) is 0 Å². The molecule has 0 aromatic rings. The first-order valence-electron chi connectivity index (χ1n) is 7.21. The van der Waals surface area contributed by atoms with Gasteiger partial charge >= 0.3 is 0 Å². The first-order valence-corrected chi connectivity index (χ1v) is 7.21. The quantitative estimate of drug-likeness (QED) is 0.825. The number of nitrogens with one attached hydrogen (secondary N) is 1. The van der Waals surface area contributed by atoms with Crippen LogP contribution in [0.3, 0.4) is 0 Å². The third-order valence-electron chi connectivity index (χ3n) is 4.11. The lowest BCUT2D eigenvalue weighted by molar-refractivity contribution is -0.136. The van der Waals surface area contributed by atoms with E-state index >= 15 is 0 Å². The molecule has 2 rings (SSSR count). The molecule has 0 aromatic carbocycles. The maximum atomic E-state index is 12.0. The number of carbonyl (C=O) groups excluding carboxylic acids is 2. The minimum atomic E-state index is 0.0993. The van der Waals surface area contributed by atoms with Gasteiger partial charge in [0.25, 0.3) is 0 Å². The van der Waals surface area contributed by atoms with Crippen molar-refractivity contribution in [3.05, 3.63) is 0 Å². The zero-order chi connectivity index (χ0) is 13.1. The van der Waals surface area contributed by atoms with Gasteiger partial charge in [0.2, 0.25) is 11.8 Å². The van der Waals surface area contributed by atoms with Crippen molar-refractivity contribution < 1.29 is 9.59 Å². The van der Waals surface area contributed by atoms with E-state index in [0.717, 1.165) is 45.2 Å². The predicted molar refractivity (Wildman–Crippen MR) is 69.9 cm³/mol. The number of hydrogen-bond donors (Lipinski definition) is 1. The van der Waals surface area contributed by atoms with E-state index in [-0.39, 0.29) is 17.9 Å². The molecular formula is C14H24N2O2. The molecule has 2 fully saturated rings. The molecule has 2 amide bonds. The summed E-state index contributed by atoms with van der Waals surface area (Å²) in [5, 5.41) is 3.04. The summed E-state index contributed by atoms with van der Waals surface area (Å²) in [7, 11) is 0. The predicted octanol–water partition coefficient (Wildman–Crippen LogP) is 1.55. The largest absolute Gasteiger partial charge is 0.353 e. The van der Waals surface area contributed by atoms with E-state index in [1.807, 2.05) is 11.8 Å². The van der Waals surface area contributed by atoms with Crippen LogP contribution in [-0.2, 0) is 9.59 Å². The number of carbonyl (C=O) groups is 2. The third kappa shape index (κ3) is 3.24. The molecular weight excluding hydrogens is 228 g/mol. The third-order valence-corrected chi connectivity index (χ3v) is 4.11. The Morgan fingerprint density at radius 3 is 2.28 bits per heavy atom. The molecule has 0 bridgehead atoms. The maximum Gasteiger partial charge on any atom is 0.225 e. The number of likely N-dealkylation sites (tertiary alicyclic amines) is 1. The van der Waals surface area contributed by atoms with E-state index in [1.54, 1.807) is 0 Å². The van der Waals surface area contributed by atoms with Crippen molar-refractivity contribution >= 4 is 11.8 Å². The van der Waals surface area contributed by atoms with Gasteiger partial charge in [-0.3, -0.25) is 9.59 Å². The van der Waals surface area contributed by atoms with E-state index in [2.05, 4.69) is 12.2 Å². The molecule has 18 heavy (non-hydrogen) atoms. The van der Waals surface area contributed by atoms with Crippen LogP contribution >= 0.6 is 0 Å². The Kier molecular flexibility index (Phi) is 4.25. The van der Waals surface area contributed by atoms with Gasteiger partial charge in [-0.15, -0.1) is 0 Å². The van der Waals surface area contributed by atoms with Gasteiger partial charge in [-0.1, -0.05) is 6.92 Å². The van der Waals surface area contributed by atoms with Crippen molar-refractivity contribution in [2.75, 3.05) is 13.1 Å². The first kappa shape index (κ1) is 13.4. The number of rotatable bonds is 4. The number of amides is 2. The molecule has 0 spiro atoms. The highest BCUT2D eigenvalue weighted by molar-refractivity contribution is 5.82. The second-order valence-electron chi connectivity index (χ2n) is 5.69. The van der Waals surface area contributed by atoms with Gasteiger partial charge in [0, 0.05) is 31.0 Å². The molecule has 4 heteroatoms. The van der Waals surface area contributed by atoms with Crippen LogP contribution in [0.5, 0.6) is 0 Å². The van der Waals surface area contributed by atoms with Crippen LogP contribution in [0.1, 0.15) is 46.0 Å². The molecule has 1 atom stereocenters. The van der Waals surface area contributed by atoms with Crippen LogP contribution in [0.2, 0.25) is 0 Å². The summed E-state index contributed by atoms with van der Waals surface area (Å²) in [5.74, 6) is 0.886. The lowest BCUT2D eigenvalue weighted by Crippen LogP contribution is -2.45. The Bertz CT molecular complexity index is 318. The zero-order valence-electron chi connectivity index (χ0n) is 11.4. The van der Waals surface area contributed by atoms with E-state index in [1.165, 1.54) is 0 Å². The molecule has 1 aliphatic heterocycles. The highest BCUT2D eigenvalue weighted by atomic mass is 16.2. The standard InChI is InChI=1S/C14H24N2O2/c1-3-10(2)15-13(17)11-6-8-16(9-7-11)14(18)12-4-5-12/h10-12H,3-9H2,1-2H3,(H,15,17). The molecule has 1 saturated heterocycles. The second-order valence-corrected chi connectivity index (χ2v) is 5.69. The maximum absolute atomic E-state index is 12.0. The Hall–Kier alpha value is -1.06. The van der Waals surface area contributed by atoms with Crippen molar-refractivity contribution in [2.24, 2.45) is 11.8 Å². The van der Waals surface area contributed by atoms with Gasteiger partial charge in [0.15, 0.2) is 0 Å². The second kappa shape index (κ2) is 5.72. The molecule has 1 aliphatic carbocycles. The zero-order valence-corrected chi connectivity index (χ0v) is 11.4. The van der Waals surface area contributed by atoms with Crippen molar-refractivity contribution in [3.8, 4) is 0 Å². The van der Waals surface area contributed by atoms with Crippen LogP contribution in [0.15, 0.2) is 0 Å². The number of piperidine rings is 1. The van der Waals surface area contributed by atoms with Gasteiger partial charge in [0.1, 0.15) is 0 Å². The van der Waals surface area contributed by atoms with Crippen LogP contribution < -0.4 is 5.32 Å². The summed E-state index contributed by atoms with van der Waals surface area (Å²) in [6.45, 7) is 5.62. The van der Waals surface area contributed by atoms with Gasteiger partial charge in [-0.2, -0.15) is 0 Å². The van der Waals surface area contributed by atoms with Crippen molar-refractivity contribution in [1.82, 2.24) is 10.2 Å². The topological polar surface area (TPSA) is 49.4 Å². The molecule has 0 radical (unpaired) electrons. The van der Waals surface area contributed by atoms with Crippen molar-refractivity contribution in [3.63, 3.8) is 0 Å². The molecule has 2 aliphatic rings. The van der Waals surface area contributed by atoms with Crippen LogP contribution in [0, 0.1) is 11.8 Å². The fourth-order valence-electron chi connectivity index (χ4n) is 2.41. The molecule has 1 saturated carbocycles. The Morgan fingerprint density at radius 2 is 1.78 bits per heavy atom. The minimum absolute atomic E-state index is 0.0993. The molecule has 102 valence electrons. The summed E-state index contributed by atoms with van der Waals surface area (Å²) in [6, 6.07) is 0.253. The average Bonchev–Trinajstić information content (AvgIpc) is 3.22. The summed E-state index contributed by atoms with van der Waals surface area (Å²) in [5.41, 5.74) is 0. The number of hydrogen-bond acceptors (Lipinski definition) is 2. The average molecular weight is 252 g/mol. The SMILES string of the molecule is CCC(C)NC(=O)C1CCN(C(=O)C2CC2)CC1. The molecule has 1 heterocycles. The van der Waals surface area contributed by atoms with E-state index < -0.39 is 0 Å². The summed E-state index contributed by atoms with van der Waals surface area (Å²) in [4.78, 5) is 25.8. The lowest BCUT2D eigenvalue weighted by Gasteiger charge is -2.32. The molecule has 4 nitrogen and oxygen atoms in total. The summed E-state index contributed by atoms with van der Waals surface area (Å²) in [6.07, 6.45) is 4.73. The fourth-order valence-corrected chi connectivity index (χ4v) is 2.41. The molecule has 0 aromatic heterocycles. The summed E-state index contributed by atoms with van der Waals surface area (Å²) < 4.78 is 0. The lowest BCUT2D eigenvalue weighted by atomic mass is 9.95. The Balaban J connectivity index is 1.75. The van der Waals surface area contributed by atoms with E-state index in [9.17, 15) is 9.59 Å². The van der Waals surface area contributed by atoms with Gasteiger partial charge in [-0.25, -0.2) is 0 Å².